The van der Waals surface area contributed by atoms with Gasteiger partial charge in [0.2, 0.25) is 0 Å². The SMILES string of the molecule is Cl.Cl.c1ccc(CC2(Cc3cnc(-c4ccccc4)[nH]3)CCNCC2)cc1. The second kappa shape index (κ2) is 9.93. The van der Waals surface area contributed by atoms with Gasteiger partial charge in [-0.2, -0.15) is 0 Å². The van der Waals surface area contributed by atoms with E-state index in [1.165, 1.54) is 24.1 Å². The predicted octanol–water partition coefficient (Wildman–Crippen LogP) is 5.08. The van der Waals surface area contributed by atoms with Crippen LogP contribution >= 0.6 is 24.8 Å². The molecule has 1 aliphatic rings. The molecule has 144 valence electrons. The van der Waals surface area contributed by atoms with Crippen molar-refractivity contribution < 1.29 is 0 Å². The van der Waals surface area contributed by atoms with Crippen LogP contribution in [0.15, 0.2) is 66.9 Å². The summed E-state index contributed by atoms with van der Waals surface area (Å²) in [6.45, 7) is 2.21. The van der Waals surface area contributed by atoms with Gasteiger partial charge in [0.25, 0.3) is 0 Å². The van der Waals surface area contributed by atoms with Crippen molar-refractivity contribution in [2.24, 2.45) is 5.41 Å². The highest BCUT2D eigenvalue weighted by Gasteiger charge is 2.33. The quantitative estimate of drug-likeness (QED) is 0.623. The van der Waals surface area contributed by atoms with Gasteiger partial charge in [0.05, 0.1) is 0 Å². The highest BCUT2D eigenvalue weighted by Crippen LogP contribution is 2.36. The van der Waals surface area contributed by atoms with E-state index in [0.29, 0.717) is 5.41 Å². The average molecular weight is 404 g/mol. The summed E-state index contributed by atoms with van der Waals surface area (Å²) in [6, 6.07) is 21.3. The molecule has 0 amide bonds. The van der Waals surface area contributed by atoms with E-state index < -0.39 is 0 Å². The van der Waals surface area contributed by atoms with E-state index in [1.807, 2.05) is 12.3 Å². The molecule has 27 heavy (non-hydrogen) atoms. The van der Waals surface area contributed by atoms with Crippen molar-refractivity contribution in [3.63, 3.8) is 0 Å². The minimum absolute atomic E-state index is 0. The lowest BCUT2D eigenvalue weighted by molar-refractivity contribution is 0.197. The topological polar surface area (TPSA) is 40.7 Å². The first-order chi connectivity index (χ1) is 12.3. The lowest BCUT2D eigenvalue weighted by atomic mass is 9.71. The van der Waals surface area contributed by atoms with Crippen LogP contribution in [0.25, 0.3) is 11.4 Å². The molecule has 0 bridgehead atoms. The highest BCUT2D eigenvalue weighted by molar-refractivity contribution is 5.85. The molecule has 0 saturated carbocycles. The number of aromatic nitrogens is 2. The van der Waals surface area contributed by atoms with Gasteiger partial charge in [-0.1, -0.05) is 60.7 Å². The van der Waals surface area contributed by atoms with Crippen molar-refractivity contribution in [2.45, 2.75) is 25.7 Å². The van der Waals surface area contributed by atoms with Crippen molar-refractivity contribution in [2.75, 3.05) is 13.1 Å². The van der Waals surface area contributed by atoms with Crippen molar-refractivity contribution in [1.29, 1.82) is 0 Å². The number of halogens is 2. The van der Waals surface area contributed by atoms with Crippen LogP contribution in [0.2, 0.25) is 0 Å². The van der Waals surface area contributed by atoms with E-state index in [-0.39, 0.29) is 24.8 Å². The Morgan fingerprint density at radius 2 is 1.44 bits per heavy atom. The maximum absolute atomic E-state index is 4.62. The van der Waals surface area contributed by atoms with E-state index in [0.717, 1.165) is 37.3 Å². The zero-order valence-corrected chi connectivity index (χ0v) is 17.0. The average Bonchev–Trinajstić information content (AvgIpc) is 3.12. The summed E-state index contributed by atoms with van der Waals surface area (Å²) in [5.74, 6) is 0.972. The number of hydrogen-bond donors (Lipinski definition) is 2. The Bertz CT molecular complexity index is 797. The van der Waals surface area contributed by atoms with Crippen molar-refractivity contribution in [3.8, 4) is 11.4 Å². The summed E-state index contributed by atoms with van der Waals surface area (Å²) in [5.41, 5.74) is 4.15. The van der Waals surface area contributed by atoms with Crippen LogP contribution in [0.4, 0.5) is 0 Å². The maximum Gasteiger partial charge on any atom is 0.137 e. The Morgan fingerprint density at radius 3 is 2.11 bits per heavy atom. The molecule has 0 aliphatic carbocycles. The fourth-order valence-electron chi connectivity index (χ4n) is 4.00. The molecule has 1 aromatic heterocycles. The van der Waals surface area contributed by atoms with Gasteiger partial charge in [-0.15, -0.1) is 24.8 Å². The molecule has 1 aliphatic heterocycles. The van der Waals surface area contributed by atoms with E-state index >= 15 is 0 Å². The number of benzene rings is 2. The molecule has 0 atom stereocenters. The van der Waals surface area contributed by atoms with Gasteiger partial charge in [0.15, 0.2) is 0 Å². The number of rotatable bonds is 5. The fraction of sp³-hybridized carbons (Fsp3) is 0.318. The molecule has 2 aromatic carbocycles. The minimum Gasteiger partial charge on any atom is -0.342 e. The van der Waals surface area contributed by atoms with Crippen LogP contribution in [0.3, 0.4) is 0 Å². The van der Waals surface area contributed by atoms with Gasteiger partial charge < -0.3 is 10.3 Å². The van der Waals surface area contributed by atoms with Gasteiger partial charge in [0.1, 0.15) is 5.82 Å². The van der Waals surface area contributed by atoms with Crippen LogP contribution in [0, 0.1) is 5.41 Å². The summed E-state index contributed by atoms with van der Waals surface area (Å²) >= 11 is 0. The second-order valence-corrected chi connectivity index (χ2v) is 7.21. The number of piperidine rings is 1. The van der Waals surface area contributed by atoms with Crippen molar-refractivity contribution in [1.82, 2.24) is 15.3 Å². The van der Waals surface area contributed by atoms with Gasteiger partial charge in [-0.05, 0) is 49.8 Å². The Morgan fingerprint density at radius 1 is 0.815 bits per heavy atom. The number of nitrogens with one attached hydrogen (secondary N) is 2. The first-order valence-electron chi connectivity index (χ1n) is 9.17. The molecule has 5 heteroatoms. The monoisotopic (exact) mass is 403 g/mol. The molecule has 1 saturated heterocycles. The third-order valence-corrected chi connectivity index (χ3v) is 5.33. The minimum atomic E-state index is 0. The number of hydrogen-bond acceptors (Lipinski definition) is 2. The maximum atomic E-state index is 4.62. The van der Waals surface area contributed by atoms with Crippen LogP contribution in [0.5, 0.6) is 0 Å². The molecule has 3 aromatic rings. The molecular formula is C22H27Cl2N3. The molecule has 0 spiro atoms. The summed E-state index contributed by atoms with van der Waals surface area (Å²) < 4.78 is 0. The normalized spacial score (nSPS) is 15.4. The lowest BCUT2D eigenvalue weighted by Gasteiger charge is -2.37. The standard InChI is InChI=1S/C22H25N3.2ClH/c1-3-7-18(8-4-1)15-22(11-13-23-14-12-22)16-20-17-24-21(25-20)19-9-5-2-6-10-19;;/h1-10,17,23H,11-16H2,(H,24,25);2*1H. The molecule has 4 rings (SSSR count). The third kappa shape index (κ3) is 5.35. The number of imidazole rings is 1. The molecule has 0 unspecified atom stereocenters. The smallest absolute Gasteiger partial charge is 0.137 e. The van der Waals surface area contributed by atoms with E-state index in [9.17, 15) is 0 Å². The van der Waals surface area contributed by atoms with Gasteiger partial charge >= 0.3 is 0 Å². The zero-order chi connectivity index (χ0) is 17.0. The van der Waals surface area contributed by atoms with E-state index in [1.54, 1.807) is 0 Å². The Hall–Kier alpha value is -1.81. The van der Waals surface area contributed by atoms with E-state index in [2.05, 4.69) is 69.9 Å². The van der Waals surface area contributed by atoms with E-state index in [4.69, 9.17) is 0 Å². The first-order valence-corrected chi connectivity index (χ1v) is 9.17. The molecular weight excluding hydrogens is 377 g/mol. The number of nitrogens with zero attached hydrogens (tertiary/aromatic N) is 1. The largest absolute Gasteiger partial charge is 0.342 e. The van der Waals surface area contributed by atoms with Crippen molar-refractivity contribution >= 4 is 24.8 Å². The Balaban J connectivity index is 0.00000131. The molecule has 1 fully saturated rings. The third-order valence-electron chi connectivity index (χ3n) is 5.33. The Kier molecular flexibility index (Phi) is 7.91. The summed E-state index contributed by atoms with van der Waals surface area (Å²) in [4.78, 5) is 8.17. The first kappa shape index (κ1) is 21.5. The van der Waals surface area contributed by atoms with Gasteiger partial charge in [-0.3, -0.25) is 0 Å². The van der Waals surface area contributed by atoms with Crippen LogP contribution in [-0.4, -0.2) is 23.1 Å². The summed E-state index contributed by atoms with van der Waals surface area (Å²) in [5, 5.41) is 3.52. The molecule has 3 nitrogen and oxygen atoms in total. The second-order valence-electron chi connectivity index (χ2n) is 7.21. The zero-order valence-electron chi connectivity index (χ0n) is 15.4. The predicted molar refractivity (Wildman–Crippen MR) is 117 cm³/mol. The van der Waals surface area contributed by atoms with Crippen LogP contribution < -0.4 is 5.32 Å². The fourth-order valence-corrected chi connectivity index (χ4v) is 4.00. The summed E-state index contributed by atoms with van der Waals surface area (Å²) in [6.07, 6.45) is 6.64. The van der Waals surface area contributed by atoms with Gasteiger partial charge in [0, 0.05) is 17.5 Å². The van der Waals surface area contributed by atoms with Crippen LogP contribution in [-0.2, 0) is 12.8 Å². The Labute approximate surface area is 173 Å². The molecule has 2 N–H and O–H groups in total. The lowest BCUT2D eigenvalue weighted by Crippen LogP contribution is -2.39. The number of aromatic amines is 1. The van der Waals surface area contributed by atoms with Gasteiger partial charge in [-0.25, -0.2) is 4.98 Å². The molecule has 0 radical (unpaired) electrons. The highest BCUT2D eigenvalue weighted by atomic mass is 35.5. The van der Waals surface area contributed by atoms with Crippen molar-refractivity contribution in [3.05, 3.63) is 78.1 Å². The van der Waals surface area contributed by atoms with Crippen LogP contribution in [0.1, 0.15) is 24.1 Å². The molecule has 2 heterocycles. The summed E-state index contributed by atoms with van der Waals surface area (Å²) in [7, 11) is 0. The number of H-pyrrole nitrogens is 1.